The van der Waals surface area contributed by atoms with Crippen molar-refractivity contribution in [1.29, 1.82) is 0 Å². The highest BCUT2D eigenvalue weighted by molar-refractivity contribution is 7.90. The molecule has 1 unspecified atom stereocenters. The van der Waals surface area contributed by atoms with Gasteiger partial charge in [0.25, 0.3) is 5.91 Å². The third kappa shape index (κ3) is 5.80. The van der Waals surface area contributed by atoms with Crippen LogP contribution in [-0.2, 0) is 10.0 Å². The molecule has 0 aliphatic rings. The summed E-state index contributed by atoms with van der Waals surface area (Å²) in [6.07, 6.45) is 0. The number of rotatable bonds is 8. The first-order valence-electron chi connectivity index (χ1n) is 8.76. The molecule has 0 bridgehead atoms. The van der Waals surface area contributed by atoms with Gasteiger partial charge in [0.15, 0.2) is 0 Å². The summed E-state index contributed by atoms with van der Waals surface area (Å²) in [5.74, 6) is 0.414. The van der Waals surface area contributed by atoms with Crippen molar-refractivity contribution in [3.8, 4) is 5.75 Å². The van der Waals surface area contributed by atoms with Crippen LogP contribution in [-0.4, -0.2) is 33.2 Å². The number of nitrogens with one attached hydrogen (secondary N) is 2. The van der Waals surface area contributed by atoms with Crippen LogP contribution >= 0.6 is 0 Å². The number of carbonyl (C=O) groups excluding carboxylic acids is 1. The third-order valence-electron chi connectivity index (χ3n) is 4.28. The number of hydrogen-bond donors (Lipinski definition) is 2. The molecule has 146 valence electrons. The molecule has 0 spiro atoms. The minimum Gasteiger partial charge on any atom is -0.497 e. The van der Waals surface area contributed by atoms with Gasteiger partial charge in [-0.1, -0.05) is 25.1 Å². The summed E-state index contributed by atoms with van der Waals surface area (Å²) in [5.41, 5.74) is 2.16. The summed E-state index contributed by atoms with van der Waals surface area (Å²) in [5, 5.41) is 2.38. The molecule has 0 aliphatic heterocycles. The molecule has 2 aromatic rings. The van der Waals surface area contributed by atoms with Gasteiger partial charge in [0.2, 0.25) is 10.0 Å². The average molecular weight is 391 g/mol. The first-order valence-corrected chi connectivity index (χ1v) is 10.3. The van der Waals surface area contributed by atoms with Gasteiger partial charge < -0.3 is 10.1 Å². The van der Waals surface area contributed by atoms with Crippen molar-refractivity contribution in [2.75, 3.05) is 19.0 Å². The molecule has 0 radical (unpaired) electrons. The number of ether oxygens (including phenoxy) is 1. The van der Waals surface area contributed by atoms with E-state index in [4.69, 9.17) is 4.74 Å². The highest BCUT2D eigenvalue weighted by Crippen LogP contribution is 2.19. The average Bonchev–Trinajstić information content (AvgIpc) is 2.66. The Morgan fingerprint density at radius 1 is 1.07 bits per heavy atom. The normalized spacial score (nSPS) is 12.6. The van der Waals surface area contributed by atoms with E-state index in [1.165, 1.54) is 0 Å². The predicted octanol–water partition coefficient (Wildman–Crippen LogP) is 3.38. The maximum Gasteiger partial charge on any atom is 0.255 e. The third-order valence-corrected chi connectivity index (χ3v) is 6.09. The van der Waals surface area contributed by atoms with Crippen LogP contribution in [0.2, 0.25) is 0 Å². The van der Waals surface area contributed by atoms with Crippen molar-refractivity contribution in [2.24, 2.45) is 0 Å². The van der Waals surface area contributed by atoms with Crippen LogP contribution in [0.5, 0.6) is 5.75 Å². The van der Waals surface area contributed by atoms with Gasteiger partial charge >= 0.3 is 0 Å². The highest BCUT2D eigenvalue weighted by atomic mass is 32.2. The monoisotopic (exact) mass is 390 g/mol. The van der Waals surface area contributed by atoms with Crippen molar-refractivity contribution in [3.63, 3.8) is 0 Å². The number of amides is 1. The van der Waals surface area contributed by atoms with Crippen LogP contribution in [0.4, 0.5) is 5.69 Å². The first-order chi connectivity index (χ1) is 12.7. The molecule has 0 saturated carbocycles. The van der Waals surface area contributed by atoms with Gasteiger partial charge in [-0.25, -0.2) is 13.1 Å². The summed E-state index contributed by atoms with van der Waals surface area (Å²) in [7, 11) is -1.73. The van der Waals surface area contributed by atoms with Crippen molar-refractivity contribution < 1.29 is 17.9 Å². The molecule has 1 amide bonds. The summed E-state index contributed by atoms with van der Waals surface area (Å²) in [4.78, 5) is 12.3. The van der Waals surface area contributed by atoms with E-state index >= 15 is 0 Å². The van der Waals surface area contributed by atoms with Crippen LogP contribution < -0.4 is 14.8 Å². The Kier molecular flexibility index (Phi) is 6.98. The maximum absolute atomic E-state index is 12.3. The molecule has 2 rings (SSSR count). The second-order valence-electron chi connectivity index (χ2n) is 6.65. The van der Waals surface area contributed by atoms with Crippen molar-refractivity contribution >= 4 is 21.6 Å². The lowest BCUT2D eigenvalue weighted by atomic mass is 10.0. The SMILES string of the molecule is COc1cccc(C(=O)Nc2ccc(C(C)CNS(=O)(=O)C(C)C)cc2)c1. The zero-order chi connectivity index (χ0) is 20.0. The molecule has 7 heteroatoms. The van der Waals surface area contributed by atoms with Gasteiger partial charge in [0.05, 0.1) is 12.4 Å². The lowest BCUT2D eigenvalue weighted by Gasteiger charge is -2.15. The summed E-state index contributed by atoms with van der Waals surface area (Å²) < 4.78 is 31.5. The minimum atomic E-state index is -3.28. The number of carbonyl (C=O) groups is 1. The second kappa shape index (κ2) is 9.01. The van der Waals surface area contributed by atoms with E-state index in [2.05, 4.69) is 10.0 Å². The molecule has 0 fully saturated rings. The summed E-state index contributed by atoms with van der Waals surface area (Å²) >= 11 is 0. The first kappa shape index (κ1) is 20.9. The van der Waals surface area contributed by atoms with Gasteiger partial charge in [-0.3, -0.25) is 4.79 Å². The number of anilines is 1. The zero-order valence-electron chi connectivity index (χ0n) is 16.0. The molecule has 0 aromatic heterocycles. The summed E-state index contributed by atoms with van der Waals surface area (Å²) in [6.45, 7) is 5.57. The van der Waals surface area contributed by atoms with E-state index in [0.717, 1.165) is 5.56 Å². The van der Waals surface area contributed by atoms with E-state index in [1.54, 1.807) is 57.4 Å². The van der Waals surface area contributed by atoms with Gasteiger partial charge in [0.1, 0.15) is 5.75 Å². The number of benzene rings is 2. The highest BCUT2D eigenvalue weighted by Gasteiger charge is 2.17. The quantitative estimate of drug-likeness (QED) is 0.724. The number of methoxy groups -OCH3 is 1. The smallest absolute Gasteiger partial charge is 0.255 e. The number of sulfonamides is 1. The molecule has 27 heavy (non-hydrogen) atoms. The Labute approximate surface area is 161 Å². The van der Waals surface area contributed by atoms with E-state index in [9.17, 15) is 13.2 Å². The Bertz CT molecular complexity index is 877. The number of hydrogen-bond acceptors (Lipinski definition) is 4. The van der Waals surface area contributed by atoms with E-state index in [-0.39, 0.29) is 11.8 Å². The zero-order valence-corrected chi connectivity index (χ0v) is 16.8. The Hall–Kier alpha value is -2.38. The fourth-order valence-corrected chi connectivity index (χ4v) is 3.20. The van der Waals surface area contributed by atoms with Crippen molar-refractivity contribution in [3.05, 3.63) is 59.7 Å². The van der Waals surface area contributed by atoms with Crippen LogP contribution in [0.3, 0.4) is 0 Å². The van der Waals surface area contributed by atoms with Crippen LogP contribution in [0.15, 0.2) is 48.5 Å². The molecule has 1 atom stereocenters. The standard InChI is InChI=1S/C20H26N2O4S/c1-14(2)27(24,25)21-13-15(3)16-8-10-18(11-9-16)22-20(23)17-6-5-7-19(12-17)26-4/h5-12,14-15,21H,13H2,1-4H3,(H,22,23). The van der Waals surface area contributed by atoms with Gasteiger partial charge in [-0.05, 0) is 55.7 Å². The van der Waals surface area contributed by atoms with Crippen LogP contribution in [0, 0.1) is 0 Å². The molecule has 2 aromatic carbocycles. The lowest BCUT2D eigenvalue weighted by Crippen LogP contribution is -2.33. The van der Waals surface area contributed by atoms with Crippen molar-refractivity contribution in [1.82, 2.24) is 4.72 Å². The minimum absolute atomic E-state index is 0.0154. The van der Waals surface area contributed by atoms with E-state index in [1.807, 2.05) is 19.1 Å². The summed E-state index contributed by atoms with van der Waals surface area (Å²) in [6, 6.07) is 14.3. The van der Waals surface area contributed by atoms with Gasteiger partial charge in [0, 0.05) is 17.8 Å². The van der Waals surface area contributed by atoms with Crippen LogP contribution in [0.1, 0.15) is 42.6 Å². The molecule has 2 N–H and O–H groups in total. The molecule has 0 heterocycles. The molecular formula is C20H26N2O4S. The van der Waals surface area contributed by atoms with E-state index in [0.29, 0.717) is 23.5 Å². The topological polar surface area (TPSA) is 84.5 Å². The second-order valence-corrected chi connectivity index (χ2v) is 8.97. The molecule has 6 nitrogen and oxygen atoms in total. The molecular weight excluding hydrogens is 364 g/mol. The lowest BCUT2D eigenvalue weighted by molar-refractivity contribution is 0.102. The molecule has 0 saturated heterocycles. The van der Waals surface area contributed by atoms with E-state index < -0.39 is 15.3 Å². The fourth-order valence-electron chi connectivity index (χ4n) is 2.39. The van der Waals surface area contributed by atoms with Crippen LogP contribution in [0.25, 0.3) is 0 Å². The maximum atomic E-state index is 12.3. The van der Waals surface area contributed by atoms with Gasteiger partial charge in [-0.15, -0.1) is 0 Å². The largest absolute Gasteiger partial charge is 0.497 e. The van der Waals surface area contributed by atoms with Gasteiger partial charge in [-0.2, -0.15) is 0 Å². The Morgan fingerprint density at radius 3 is 2.33 bits per heavy atom. The molecule has 0 aliphatic carbocycles. The predicted molar refractivity (Wildman–Crippen MR) is 108 cm³/mol. The Morgan fingerprint density at radius 2 is 1.74 bits per heavy atom. The Balaban J connectivity index is 1.99. The fraction of sp³-hybridized carbons (Fsp3) is 0.350. The van der Waals surface area contributed by atoms with Crippen molar-refractivity contribution in [2.45, 2.75) is 31.9 Å².